The molecule has 1 fully saturated rings. The number of piperidine rings is 1. The van der Waals surface area contributed by atoms with Crippen molar-refractivity contribution in [1.82, 2.24) is 9.29 Å². The molecule has 1 aliphatic heterocycles. The van der Waals surface area contributed by atoms with Crippen LogP contribution in [0.4, 0.5) is 0 Å². The maximum absolute atomic E-state index is 13.3. The van der Waals surface area contributed by atoms with Crippen molar-refractivity contribution in [2.24, 2.45) is 0 Å². The molecule has 6 heteroatoms. The Bertz CT molecular complexity index is 1110. The first-order valence-electron chi connectivity index (χ1n) is 8.86. The van der Waals surface area contributed by atoms with Crippen molar-refractivity contribution < 1.29 is 8.42 Å². The van der Waals surface area contributed by atoms with Gasteiger partial charge in [-0.15, -0.1) is 0 Å². The van der Waals surface area contributed by atoms with Crippen LogP contribution in [-0.2, 0) is 15.4 Å². The summed E-state index contributed by atoms with van der Waals surface area (Å²) in [5.74, 6) is 0. The molecule has 2 heterocycles. The summed E-state index contributed by atoms with van der Waals surface area (Å²) < 4.78 is 28.0. The van der Waals surface area contributed by atoms with E-state index in [1.54, 1.807) is 30.6 Å². The van der Waals surface area contributed by atoms with Crippen LogP contribution in [0.15, 0.2) is 71.9 Å². The molecular formula is C21H19N3O2S. The van der Waals surface area contributed by atoms with Crippen LogP contribution in [0.2, 0.25) is 0 Å². The largest absolute Gasteiger partial charge is 0.264 e. The van der Waals surface area contributed by atoms with Gasteiger partial charge in [-0.1, -0.05) is 42.5 Å². The predicted molar refractivity (Wildman–Crippen MR) is 103 cm³/mol. The molecule has 0 radical (unpaired) electrons. The Labute approximate surface area is 158 Å². The molecule has 5 nitrogen and oxygen atoms in total. The Morgan fingerprint density at radius 1 is 1.00 bits per heavy atom. The third kappa shape index (κ3) is 2.99. The number of nitrogens with zero attached hydrogens (tertiary/aromatic N) is 3. The number of sulfonamides is 1. The van der Waals surface area contributed by atoms with Gasteiger partial charge in [0.15, 0.2) is 0 Å². The molecule has 136 valence electrons. The second-order valence-electron chi connectivity index (χ2n) is 6.82. The van der Waals surface area contributed by atoms with Gasteiger partial charge < -0.3 is 0 Å². The maximum Gasteiger partial charge on any atom is 0.243 e. The second kappa shape index (κ2) is 6.76. The summed E-state index contributed by atoms with van der Waals surface area (Å²) in [6.45, 7) is 0.651. The average molecular weight is 377 g/mol. The molecule has 0 amide bonds. The summed E-state index contributed by atoms with van der Waals surface area (Å²) >= 11 is 0. The number of pyridine rings is 1. The fourth-order valence-electron chi connectivity index (χ4n) is 3.79. The van der Waals surface area contributed by atoms with E-state index >= 15 is 0 Å². The van der Waals surface area contributed by atoms with Crippen molar-refractivity contribution in [2.45, 2.75) is 23.2 Å². The molecule has 0 bridgehead atoms. The van der Waals surface area contributed by atoms with E-state index in [2.05, 4.69) is 11.1 Å². The minimum atomic E-state index is -3.63. The zero-order valence-electron chi connectivity index (χ0n) is 14.7. The molecule has 1 aliphatic rings. The first-order chi connectivity index (χ1) is 13.1. The number of benzene rings is 2. The van der Waals surface area contributed by atoms with Crippen molar-refractivity contribution in [3.8, 4) is 6.07 Å². The van der Waals surface area contributed by atoms with Gasteiger partial charge in [-0.2, -0.15) is 9.57 Å². The van der Waals surface area contributed by atoms with Crippen molar-refractivity contribution in [2.75, 3.05) is 13.1 Å². The summed E-state index contributed by atoms with van der Waals surface area (Å²) in [6, 6.07) is 19.1. The first kappa shape index (κ1) is 17.7. The molecule has 27 heavy (non-hydrogen) atoms. The predicted octanol–water partition coefficient (Wildman–Crippen LogP) is 3.48. The quantitative estimate of drug-likeness (QED) is 0.700. The Morgan fingerprint density at radius 2 is 1.74 bits per heavy atom. The molecule has 4 rings (SSSR count). The number of nitriles is 1. The summed E-state index contributed by atoms with van der Waals surface area (Å²) in [5, 5.41) is 11.3. The van der Waals surface area contributed by atoms with Crippen LogP contribution in [-0.4, -0.2) is 30.8 Å². The smallest absolute Gasteiger partial charge is 0.243 e. The lowest BCUT2D eigenvalue weighted by molar-refractivity contribution is 0.277. The number of fused-ring (bicyclic) bond motifs is 1. The van der Waals surface area contributed by atoms with Crippen LogP contribution >= 0.6 is 0 Å². The highest BCUT2D eigenvalue weighted by Crippen LogP contribution is 2.37. The SMILES string of the molecule is N#CC1(c2ccccc2)CCN(S(=O)(=O)c2cccc3cnccc23)CC1. The zero-order chi connectivity index (χ0) is 18.9. The van der Waals surface area contributed by atoms with Crippen LogP contribution < -0.4 is 0 Å². The van der Waals surface area contributed by atoms with E-state index in [4.69, 9.17) is 0 Å². The Morgan fingerprint density at radius 3 is 2.44 bits per heavy atom. The van der Waals surface area contributed by atoms with Gasteiger partial charge in [-0.05, 0) is 30.5 Å². The Hall–Kier alpha value is -2.75. The molecule has 0 unspecified atom stereocenters. The van der Waals surface area contributed by atoms with Gasteiger partial charge >= 0.3 is 0 Å². The molecule has 1 saturated heterocycles. The maximum atomic E-state index is 13.3. The van der Waals surface area contributed by atoms with Gasteiger partial charge in [0.1, 0.15) is 0 Å². The standard InChI is InChI=1S/C21H19N3O2S/c22-16-21(18-6-2-1-3-7-18)10-13-24(14-11-21)27(25,26)20-8-4-5-17-15-23-12-9-19(17)20/h1-9,12,15H,10-11,13-14H2. The highest BCUT2D eigenvalue weighted by molar-refractivity contribution is 7.89. The van der Waals surface area contributed by atoms with E-state index < -0.39 is 15.4 Å². The summed E-state index contributed by atoms with van der Waals surface area (Å²) in [7, 11) is -3.63. The number of hydrogen-bond donors (Lipinski definition) is 0. The summed E-state index contributed by atoms with van der Waals surface area (Å²) in [5.41, 5.74) is 0.330. The molecule has 0 aliphatic carbocycles. The van der Waals surface area contributed by atoms with Gasteiger partial charge in [0.05, 0.1) is 16.4 Å². The lowest BCUT2D eigenvalue weighted by Crippen LogP contribution is -2.44. The topological polar surface area (TPSA) is 74.1 Å². The molecule has 3 aromatic rings. The minimum absolute atomic E-state index is 0.298. The zero-order valence-corrected chi connectivity index (χ0v) is 15.6. The number of rotatable bonds is 3. The third-order valence-electron chi connectivity index (χ3n) is 5.37. The van der Waals surface area contributed by atoms with E-state index in [0.717, 1.165) is 10.9 Å². The van der Waals surface area contributed by atoms with E-state index in [1.807, 2.05) is 36.4 Å². The second-order valence-corrected chi connectivity index (χ2v) is 8.72. The lowest BCUT2D eigenvalue weighted by atomic mass is 9.74. The number of hydrogen-bond acceptors (Lipinski definition) is 4. The molecular weight excluding hydrogens is 358 g/mol. The van der Waals surface area contributed by atoms with Gasteiger partial charge in [0, 0.05) is 36.3 Å². The average Bonchev–Trinajstić information content (AvgIpc) is 2.74. The molecule has 0 atom stereocenters. The Kier molecular flexibility index (Phi) is 4.42. The normalized spacial score (nSPS) is 17.4. The van der Waals surface area contributed by atoms with Crippen LogP contribution in [0.1, 0.15) is 18.4 Å². The third-order valence-corrected chi connectivity index (χ3v) is 7.33. The van der Waals surface area contributed by atoms with Crippen LogP contribution in [0.3, 0.4) is 0 Å². The van der Waals surface area contributed by atoms with Crippen molar-refractivity contribution in [3.63, 3.8) is 0 Å². The van der Waals surface area contributed by atoms with E-state index in [0.29, 0.717) is 36.2 Å². The van der Waals surface area contributed by atoms with Crippen molar-refractivity contribution >= 4 is 20.8 Å². The highest BCUT2D eigenvalue weighted by Gasteiger charge is 2.40. The summed E-state index contributed by atoms with van der Waals surface area (Å²) in [6.07, 6.45) is 4.24. The highest BCUT2D eigenvalue weighted by atomic mass is 32.2. The van der Waals surface area contributed by atoms with Crippen molar-refractivity contribution in [1.29, 1.82) is 5.26 Å². The number of aromatic nitrogens is 1. The fraction of sp³-hybridized carbons (Fsp3) is 0.238. The van der Waals surface area contributed by atoms with Gasteiger partial charge in [0.25, 0.3) is 0 Å². The summed E-state index contributed by atoms with van der Waals surface area (Å²) in [4.78, 5) is 4.37. The molecule has 2 aromatic carbocycles. The molecule has 0 spiro atoms. The Balaban J connectivity index is 1.65. The van der Waals surface area contributed by atoms with Crippen molar-refractivity contribution in [3.05, 3.63) is 72.6 Å². The van der Waals surface area contributed by atoms with Crippen LogP contribution in [0.5, 0.6) is 0 Å². The molecule has 0 saturated carbocycles. The van der Waals surface area contributed by atoms with E-state index in [1.165, 1.54) is 4.31 Å². The van der Waals surface area contributed by atoms with E-state index in [-0.39, 0.29) is 0 Å². The monoisotopic (exact) mass is 377 g/mol. The van der Waals surface area contributed by atoms with Crippen LogP contribution in [0.25, 0.3) is 10.8 Å². The first-order valence-corrected chi connectivity index (χ1v) is 10.3. The molecule has 1 aromatic heterocycles. The molecule has 0 N–H and O–H groups in total. The fourth-order valence-corrected chi connectivity index (χ4v) is 5.44. The van der Waals surface area contributed by atoms with Gasteiger partial charge in [0.2, 0.25) is 10.0 Å². The lowest BCUT2D eigenvalue weighted by Gasteiger charge is -2.37. The minimum Gasteiger partial charge on any atom is -0.264 e. The van der Waals surface area contributed by atoms with Gasteiger partial charge in [-0.3, -0.25) is 4.98 Å². The van der Waals surface area contributed by atoms with Gasteiger partial charge in [-0.25, -0.2) is 8.42 Å². The van der Waals surface area contributed by atoms with Crippen LogP contribution in [0, 0.1) is 11.3 Å². The van der Waals surface area contributed by atoms with E-state index in [9.17, 15) is 13.7 Å².